The zero-order chi connectivity index (χ0) is 14.8. The molecular formula is C12H24N2O5. The number of likely N-dealkylation sites (N-methyl/N-ethyl adjacent to an activating group) is 1. The van der Waals surface area contributed by atoms with Crippen molar-refractivity contribution in [2.24, 2.45) is 5.92 Å². The first-order valence-corrected chi connectivity index (χ1v) is 6.37. The first-order valence-electron chi connectivity index (χ1n) is 6.37. The molecule has 0 rings (SSSR count). The van der Waals surface area contributed by atoms with Crippen LogP contribution in [0.4, 0.5) is 4.79 Å². The van der Waals surface area contributed by atoms with Crippen LogP contribution in [0.2, 0.25) is 0 Å². The van der Waals surface area contributed by atoms with E-state index in [1.54, 1.807) is 14.0 Å². The number of hydrogen-bond donors (Lipinski definition) is 3. The Morgan fingerprint density at radius 1 is 1.37 bits per heavy atom. The van der Waals surface area contributed by atoms with Crippen molar-refractivity contribution in [2.75, 3.05) is 33.4 Å². The minimum atomic E-state index is -1.03. The molecule has 0 fully saturated rings. The summed E-state index contributed by atoms with van der Waals surface area (Å²) in [5, 5.41) is 20.1. The molecule has 0 aliphatic rings. The summed E-state index contributed by atoms with van der Waals surface area (Å²) in [7, 11) is 1.56. The summed E-state index contributed by atoms with van der Waals surface area (Å²) in [6.07, 6.45) is 0.667. The second-order valence-electron chi connectivity index (χ2n) is 4.41. The van der Waals surface area contributed by atoms with Gasteiger partial charge >= 0.3 is 12.0 Å². The summed E-state index contributed by atoms with van der Waals surface area (Å²) in [4.78, 5) is 24.2. The van der Waals surface area contributed by atoms with Gasteiger partial charge in [0.15, 0.2) is 0 Å². The number of aliphatic carboxylic acids is 1. The summed E-state index contributed by atoms with van der Waals surface area (Å²) < 4.78 is 5.04. The lowest BCUT2D eigenvalue weighted by Crippen LogP contribution is -2.50. The zero-order valence-electron chi connectivity index (χ0n) is 11.8. The fourth-order valence-corrected chi connectivity index (χ4v) is 1.40. The number of carbonyl (C=O) groups is 2. The van der Waals surface area contributed by atoms with E-state index < -0.39 is 18.0 Å². The van der Waals surface area contributed by atoms with Gasteiger partial charge in [0, 0.05) is 13.6 Å². The van der Waals surface area contributed by atoms with Crippen molar-refractivity contribution in [3.8, 4) is 0 Å². The normalized spacial score (nSPS) is 13.7. The molecule has 0 aliphatic heterocycles. The van der Waals surface area contributed by atoms with Crippen LogP contribution in [-0.2, 0) is 9.53 Å². The predicted octanol–water partition coefficient (Wildman–Crippen LogP) is 0.136. The van der Waals surface area contributed by atoms with Crippen molar-refractivity contribution in [3.05, 3.63) is 0 Å². The van der Waals surface area contributed by atoms with Crippen LogP contribution in [0.25, 0.3) is 0 Å². The van der Waals surface area contributed by atoms with E-state index in [9.17, 15) is 9.59 Å². The van der Waals surface area contributed by atoms with Gasteiger partial charge in [0.2, 0.25) is 0 Å². The van der Waals surface area contributed by atoms with Gasteiger partial charge < -0.3 is 25.2 Å². The number of rotatable bonds is 9. The second-order valence-corrected chi connectivity index (χ2v) is 4.41. The number of aliphatic hydroxyl groups is 1. The van der Waals surface area contributed by atoms with Gasteiger partial charge in [-0.3, -0.25) is 0 Å². The average molecular weight is 276 g/mol. The maximum atomic E-state index is 11.8. The van der Waals surface area contributed by atoms with Crippen LogP contribution in [0.3, 0.4) is 0 Å². The molecule has 7 nitrogen and oxygen atoms in total. The summed E-state index contributed by atoms with van der Waals surface area (Å²) in [6.45, 7) is 4.44. The molecule has 2 amide bonds. The van der Waals surface area contributed by atoms with Gasteiger partial charge in [0.1, 0.15) is 6.04 Å². The maximum Gasteiger partial charge on any atom is 0.326 e. The largest absolute Gasteiger partial charge is 0.480 e. The van der Waals surface area contributed by atoms with E-state index >= 15 is 0 Å². The van der Waals surface area contributed by atoms with Crippen LogP contribution < -0.4 is 5.32 Å². The van der Waals surface area contributed by atoms with Crippen molar-refractivity contribution < 1.29 is 24.5 Å². The Balaban J connectivity index is 4.20. The number of carbonyl (C=O) groups excluding carboxylic acids is 1. The molecule has 3 N–H and O–H groups in total. The first kappa shape index (κ1) is 17.7. The van der Waals surface area contributed by atoms with Gasteiger partial charge in [-0.15, -0.1) is 0 Å². The molecule has 112 valence electrons. The van der Waals surface area contributed by atoms with Crippen LogP contribution in [0.5, 0.6) is 0 Å². The predicted molar refractivity (Wildman–Crippen MR) is 69.9 cm³/mol. The highest BCUT2D eigenvalue weighted by Gasteiger charge is 2.26. The monoisotopic (exact) mass is 276 g/mol. The number of amides is 2. The smallest absolute Gasteiger partial charge is 0.326 e. The molecule has 19 heavy (non-hydrogen) atoms. The topological polar surface area (TPSA) is 99.1 Å². The van der Waals surface area contributed by atoms with Crippen LogP contribution in [0, 0.1) is 5.92 Å². The second kappa shape index (κ2) is 9.57. The molecule has 2 atom stereocenters. The lowest BCUT2D eigenvalue weighted by Gasteiger charge is -2.24. The molecule has 0 spiro atoms. The van der Waals surface area contributed by atoms with Crippen LogP contribution >= 0.6 is 0 Å². The number of urea groups is 1. The van der Waals surface area contributed by atoms with Gasteiger partial charge in [-0.1, -0.05) is 20.3 Å². The Morgan fingerprint density at radius 2 is 2.00 bits per heavy atom. The van der Waals surface area contributed by atoms with Crippen molar-refractivity contribution in [2.45, 2.75) is 26.3 Å². The van der Waals surface area contributed by atoms with Gasteiger partial charge in [-0.05, 0) is 5.92 Å². The standard InChI is InChI=1S/C12H24N2O5/c1-4-9(2)10(11(16)17)13-12(18)14(3)5-7-19-8-6-15/h9-10,15H,4-8H2,1-3H3,(H,13,18)(H,16,17). The van der Waals surface area contributed by atoms with Crippen molar-refractivity contribution in [3.63, 3.8) is 0 Å². The Bertz CT molecular complexity index is 285. The Hall–Kier alpha value is -1.34. The van der Waals surface area contributed by atoms with Crippen LogP contribution in [0.1, 0.15) is 20.3 Å². The van der Waals surface area contributed by atoms with E-state index in [1.165, 1.54) is 4.90 Å². The fraction of sp³-hybridized carbons (Fsp3) is 0.833. The molecule has 0 saturated carbocycles. The summed E-state index contributed by atoms with van der Waals surface area (Å²) in [5.41, 5.74) is 0. The molecule has 0 aromatic rings. The molecule has 2 unspecified atom stereocenters. The van der Waals surface area contributed by atoms with Gasteiger partial charge in [0.05, 0.1) is 19.8 Å². The minimum Gasteiger partial charge on any atom is -0.480 e. The van der Waals surface area contributed by atoms with Gasteiger partial charge in [-0.2, -0.15) is 0 Å². The SMILES string of the molecule is CCC(C)C(NC(=O)N(C)CCOCCO)C(=O)O. The van der Waals surface area contributed by atoms with E-state index in [4.69, 9.17) is 14.9 Å². The zero-order valence-corrected chi connectivity index (χ0v) is 11.8. The molecule has 0 saturated heterocycles. The lowest BCUT2D eigenvalue weighted by atomic mass is 9.99. The Labute approximate surface area is 113 Å². The number of hydrogen-bond acceptors (Lipinski definition) is 4. The number of nitrogens with zero attached hydrogens (tertiary/aromatic N) is 1. The van der Waals surface area contributed by atoms with E-state index in [2.05, 4.69) is 5.32 Å². The molecule has 0 bridgehead atoms. The Kier molecular flexibility index (Phi) is 8.90. The van der Waals surface area contributed by atoms with E-state index in [0.29, 0.717) is 19.6 Å². The fourth-order valence-electron chi connectivity index (χ4n) is 1.40. The lowest BCUT2D eigenvalue weighted by molar-refractivity contribution is -0.140. The molecule has 0 heterocycles. The third-order valence-corrected chi connectivity index (χ3v) is 2.91. The van der Waals surface area contributed by atoms with Crippen molar-refractivity contribution in [1.82, 2.24) is 10.2 Å². The number of carboxylic acids is 1. The quantitative estimate of drug-likeness (QED) is 0.520. The van der Waals surface area contributed by atoms with E-state index in [0.717, 1.165) is 0 Å². The number of ether oxygens (including phenoxy) is 1. The Morgan fingerprint density at radius 3 is 2.47 bits per heavy atom. The molecule has 0 radical (unpaired) electrons. The summed E-state index contributed by atoms with van der Waals surface area (Å²) in [5.74, 6) is -1.17. The highest BCUT2D eigenvalue weighted by Crippen LogP contribution is 2.08. The molecule has 0 aromatic carbocycles. The van der Waals surface area contributed by atoms with E-state index in [1.807, 2.05) is 6.92 Å². The summed E-state index contributed by atoms with van der Waals surface area (Å²) in [6, 6.07) is -1.33. The average Bonchev–Trinajstić information content (AvgIpc) is 2.39. The van der Waals surface area contributed by atoms with Crippen LogP contribution in [-0.4, -0.2) is 66.6 Å². The number of aliphatic hydroxyl groups excluding tert-OH is 1. The minimum absolute atomic E-state index is 0.0645. The first-order chi connectivity index (χ1) is 8.93. The molecule has 7 heteroatoms. The number of carboxylic acid groups (broad SMARTS) is 1. The highest BCUT2D eigenvalue weighted by molar-refractivity contribution is 5.82. The molecule has 0 aliphatic carbocycles. The third-order valence-electron chi connectivity index (χ3n) is 2.91. The molecule has 0 aromatic heterocycles. The van der Waals surface area contributed by atoms with Crippen molar-refractivity contribution >= 4 is 12.0 Å². The van der Waals surface area contributed by atoms with E-state index in [-0.39, 0.29) is 19.1 Å². The van der Waals surface area contributed by atoms with Crippen LogP contribution in [0.15, 0.2) is 0 Å². The van der Waals surface area contributed by atoms with Gasteiger partial charge in [0.25, 0.3) is 0 Å². The third kappa shape index (κ3) is 6.97. The van der Waals surface area contributed by atoms with Gasteiger partial charge in [-0.25, -0.2) is 9.59 Å². The maximum absolute atomic E-state index is 11.8. The highest BCUT2D eigenvalue weighted by atomic mass is 16.5. The molecular weight excluding hydrogens is 252 g/mol. The van der Waals surface area contributed by atoms with Crippen molar-refractivity contribution in [1.29, 1.82) is 0 Å². The summed E-state index contributed by atoms with van der Waals surface area (Å²) >= 11 is 0. The number of nitrogens with one attached hydrogen (secondary N) is 1.